The second-order valence-corrected chi connectivity index (χ2v) is 4.42. The molecule has 2 rings (SSSR count). The molecule has 0 radical (unpaired) electrons. The first-order chi connectivity index (χ1) is 8.08. The van der Waals surface area contributed by atoms with Crippen molar-refractivity contribution in [1.82, 2.24) is 9.97 Å². The third kappa shape index (κ3) is 2.58. The number of nitrogens with two attached hydrogens (primary N) is 2. The van der Waals surface area contributed by atoms with Gasteiger partial charge in [0.05, 0.1) is 11.9 Å². The second kappa shape index (κ2) is 4.75. The van der Waals surface area contributed by atoms with Crippen molar-refractivity contribution in [3.63, 3.8) is 0 Å². The molecule has 0 aromatic carbocycles. The van der Waals surface area contributed by atoms with Gasteiger partial charge in [0.1, 0.15) is 0 Å². The fourth-order valence-corrected chi connectivity index (χ4v) is 2.12. The molecule has 6 nitrogen and oxygen atoms in total. The molecule has 0 atom stereocenters. The quantitative estimate of drug-likeness (QED) is 0.746. The van der Waals surface area contributed by atoms with E-state index in [0.29, 0.717) is 24.6 Å². The lowest BCUT2D eigenvalue weighted by atomic mass is 9.96. The van der Waals surface area contributed by atoms with Crippen LogP contribution in [-0.4, -0.2) is 29.0 Å². The van der Waals surface area contributed by atoms with Crippen molar-refractivity contribution >= 4 is 29.0 Å². The van der Waals surface area contributed by atoms with Gasteiger partial charge in [-0.25, -0.2) is 4.98 Å². The Morgan fingerprint density at radius 3 is 2.71 bits per heavy atom. The number of rotatable bonds is 2. The maximum absolute atomic E-state index is 11.1. The highest BCUT2D eigenvalue weighted by atomic mass is 35.5. The average molecular weight is 256 g/mol. The number of hydrogen-bond donors (Lipinski definition) is 2. The maximum atomic E-state index is 11.1. The molecule has 0 unspecified atom stereocenters. The number of piperidine rings is 1. The van der Waals surface area contributed by atoms with Crippen LogP contribution in [0, 0.1) is 5.92 Å². The predicted octanol–water partition coefficient (Wildman–Crippen LogP) is 0.414. The molecule has 4 N–H and O–H groups in total. The number of nitrogen functional groups attached to an aromatic ring is 1. The van der Waals surface area contributed by atoms with Gasteiger partial charge in [0.2, 0.25) is 11.2 Å². The number of carbonyl (C=O) groups excluding carboxylic acids is 1. The van der Waals surface area contributed by atoms with Crippen molar-refractivity contribution in [3.05, 3.63) is 11.5 Å². The minimum absolute atomic E-state index is 0.0511. The molecule has 92 valence electrons. The Labute approximate surface area is 104 Å². The average Bonchev–Trinajstić information content (AvgIpc) is 2.32. The van der Waals surface area contributed by atoms with Gasteiger partial charge in [0.15, 0.2) is 5.82 Å². The third-order valence-corrected chi connectivity index (χ3v) is 3.15. The lowest BCUT2D eigenvalue weighted by Crippen LogP contribution is -2.39. The van der Waals surface area contributed by atoms with E-state index in [0.717, 1.165) is 12.8 Å². The largest absolute Gasteiger partial charge is 0.394 e. The second-order valence-electron chi connectivity index (χ2n) is 4.08. The van der Waals surface area contributed by atoms with Gasteiger partial charge >= 0.3 is 0 Å². The van der Waals surface area contributed by atoms with Crippen LogP contribution in [0.25, 0.3) is 0 Å². The summed E-state index contributed by atoms with van der Waals surface area (Å²) in [5, 5.41) is 0.172. The Morgan fingerprint density at radius 1 is 1.47 bits per heavy atom. The lowest BCUT2D eigenvalue weighted by Gasteiger charge is -2.31. The Hall–Kier alpha value is -1.56. The molecule has 0 saturated carbocycles. The van der Waals surface area contributed by atoms with E-state index in [9.17, 15) is 4.79 Å². The molecule has 1 aromatic heterocycles. The minimum atomic E-state index is -0.238. The molecule has 0 spiro atoms. The van der Waals surface area contributed by atoms with Crippen molar-refractivity contribution < 1.29 is 4.79 Å². The molecule has 1 amide bonds. The van der Waals surface area contributed by atoms with Crippen LogP contribution >= 0.6 is 11.6 Å². The Balaban J connectivity index is 2.10. The number of amides is 1. The first-order valence-corrected chi connectivity index (χ1v) is 5.78. The van der Waals surface area contributed by atoms with Gasteiger partial charge in [-0.2, -0.15) is 4.98 Å². The fraction of sp³-hybridized carbons (Fsp3) is 0.500. The van der Waals surface area contributed by atoms with Crippen molar-refractivity contribution in [3.8, 4) is 0 Å². The normalized spacial score (nSPS) is 17.1. The smallest absolute Gasteiger partial charge is 0.224 e. The molecular weight excluding hydrogens is 242 g/mol. The van der Waals surface area contributed by atoms with E-state index in [-0.39, 0.29) is 17.1 Å². The Bertz CT molecular complexity index is 431. The topological polar surface area (TPSA) is 98.1 Å². The van der Waals surface area contributed by atoms with E-state index < -0.39 is 0 Å². The third-order valence-electron chi connectivity index (χ3n) is 2.96. The number of halogens is 1. The van der Waals surface area contributed by atoms with Gasteiger partial charge in [-0.3, -0.25) is 4.79 Å². The van der Waals surface area contributed by atoms with Crippen molar-refractivity contribution in [2.75, 3.05) is 23.7 Å². The zero-order chi connectivity index (χ0) is 12.4. The number of aromatic nitrogens is 2. The molecule has 17 heavy (non-hydrogen) atoms. The van der Waals surface area contributed by atoms with Gasteiger partial charge in [-0.1, -0.05) is 0 Å². The predicted molar refractivity (Wildman–Crippen MR) is 65.6 cm³/mol. The summed E-state index contributed by atoms with van der Waals surface area (Å²) >= 11 is 5.74. The lowest BCUT2D eigenvalue weighted by molar-refractivity contribution is -0.122. The van der Waals surface area contributed by atoms with Crippen LogP contribution in [0.15, 0.2) is 6.20 Å². The summed E-state index contributed by atoms with van der Waals surface area (Å²) < 4.78 is 0. The van der Waals surface area contributed by atoms with Crippen molar-refractivity contribution in [1.29, 1.82) is 0 Å². The van der Waals surface area contributed by atoms with Gasteiger partial charge in [0, 0.05) is 19.0 Å². The van der Waals surface area contributed by atoms with E-state index in [4.69, 9.17) is 23.1 Å². The highest BCUT2D eigenvalue weighted by Gasteiger charge is 2.24. The van der Waals surface area contributed by atoms with Gasteiger partial charge in [0.25, 0.3) is 0 Å². The van der Waals surface area contributed by atoms with Crippen LogP contribution in [0.5, 0.6) is 0 Å². The highest BCUT2D eigenvalue weighted by Crippen LogP contribution is 2.26. The van der Waals surface area contributed by atoms with E-state index >= 15 is 0 Å². The van der Waals surface area contributed by atoms with Crippen LogP contribution in [0.1, 0.15) is 12.8 Å². The number of carbonyl (C=O) groups is 1. The van der Waals surface area contributed by atoms with E-state index in [1.54, 1.807) is 0 Å². The van der Waals surface area contributed by atoms with Crippen molar-refractivity contribution in [2.24, 2.45) is 11.7 Å². The SMILES string of the molecule is NC(=O)C1CCN(c2nc(Cl)ncc2N)CC1. The van der Waals surface area contributed by atoms with Crippen LogP contribution in [0.3, 0.4) is 0 Å². The summed E-state index contributed by atoms with van der Waals surface area (Å²) in [4.78, 5) is 21.0. The summed E-state index contributed by atoms with van der Waals surface area (Å²) in [5.74, 6) is 0.344. The molecular formula is C10H14ClN5O. The molecule has 1 aromatic rings. The number of primary amides is 1. The van der Waals surface area contributed by atoms with E-state index in [1.165, 1.54) is 6.20 Å². The van der Waals surface area contributed by atoms with Crippen LogP contribution in [-0.2, 0) is 4.79 Å². The standard InChI is InChI=1S/C10H14ClN5O/c11-10-14-5-7(12)9(15-10)16-3-1-6(2-4-16)8(13)17/h5-6H,1-4,12H2,(H2,13,17). The van der Waals surface area contributed by atoms with Crippen molar-refractivity contribution in [2.45, 2.75) is 12.8 Å². The first-order valence-electron chi connectivity index (χ1n) is 5.40. The molecule has 0 aliphatic carbocycles. The zero-order valence-electron chi connectivity index (χ0n) is 9.27. The van der Waals surface area contributed by atoms with E-state index in [1.807, 2.05) is 4.90 Å². The fourth-order valence-electron chi connectivity index (χ4n) is 1.99. The molecule has 0 bridgehead atoms. The summed E-state index contributed by atoms with van der Waals surface area (Å²) in [6, 6.07) is 0. The zero-order valence-corrected chi connectivity index (χ0v) is 10.0. The molecule has 1 aliphatic heterocycles. The summed E-state index contributed by atoms with van der Waals surface area (Å²) in [6.45, 7) is 1.40. The molecule has 2 heterocycles. The monoisotopic (exact) mass is 255 g/mol. The van der Waals surface area contributed by atoms with Crippen LogP contribution < -0.4 is 16.4 Å². The summed E-state index contributed by atoms with van der Waals surface area (Å²) in [6.07, 6.45) is 2.93. The van der Waals surface area contributed by atoms with Gasteiger partial charge in [-0.05, 0) is 24.4 Å². The van der Waals surface area contributed by atoms with Crippen LogP contribution in [0.2, 0.25) is 5.28 Å². The maximum Gasteiger partial charge on any atom is 0.224 e. The highest BCUT2D eigenvalue weighted by molar-refractivity contribution is 6.28. The molecule has 1 saturated heterocycles. The van der Waals surface area contributed by atoms with Crippen LogP contribution in [0.4, 0.5) is 11.5 Å². The van der Waals surface area contributed by atoms with E-state index in [2.05, 4.69) is 9.97 Å². The number of nitrogens with zero attached hydrogens (tertiary/aromatic N) is 3. The first kappa shape index (κ1) is 11.9. The Morgan fingerprint density at radius 2 is 2.12 bits per heavy atom. The Kier molecular flexibility index (Phi) is 3.33. The molecule has 7 heteroatoms. The van der Waals surface area contributed by atoms with Gasteiger partial charge in [-0.15, -0.1) is 0 Å². The molecule has 1 aliphatic rings. The minimum Gasteiger partial charge on any atom is -0.394 e. The summed E-state index contributed by atoms with van der Waals surface area (Å²) in [5.41, 5.74) is 11.6. The molecule has 1 fully saturated rings. The van der Waals surface area contributed by atoms with Gasteiger partial charge < -0.3 is 16.4 Å². The summed E-state index contributed by atoms with van der Waals surface area (Å²) in [7, 11) is 0. The number of hydrogen-bond acceptors (Lipinski definition) is 5. The number of anilines is 2.